The molecule has 0 saturated carbocycles. The molecule has 0 bridgehead atoms. The van der Waals surface area contributed by atoms with Gasteiger partial charge in [-0.2, -0.15) is 13.2 Å². The summed E-state index contributed by atoms with van der Waals surface area (Å²) in [5.74, 6) is -2.99. The second-order valence-corrected chi connectivity index (χ2v) is 8.64. The van der Waals surface area contributed by atoms with Crippen molar-refractivity contribution < 1.29 is 31.9 Å². The highest BCUT2D eigenvalue weighted by Crippen LogP contribution is 2.39. The normalized spacial score (nSPS) is 11.5. The van der Waals surface area contributed by atoms with Crippen LogP contribution in [0.4, 0.5) is 18.9 Å². The summed E-state index contributed by atoms with van der Waals surface area (Å²) in [6, 6.07) is 22.0. The van der Waals surface area contributed by atoms with Gasteiger partial charge in [-0.05, 0) is 59.3 Å². The smallest absolute Gasteiger partial charge is 0.453 e. The van der Waals surface area contributed by atoms with E-state index >= 15 is 0 Å². The van der Waals surface area contributed by atoms with Gasteiger partial charge in [0, 0.05) is 16.8 Å². The van der Waals surface area contributed by atoms with E-state index in [0.29, 0.717) is 10.7 Å². The van der Waals surface area contributed by atoms with E-state index in [9.17, 15) is 22.8 Å². The summed E-state index contributed by atoms with van der Waals surface area (Å²) in [4.78, 5) is 25.2. The molecule has 38 heavy (non-hydrogen) atoms. The Morgan fingerprint density at radius 1 is 0.895 bits per heavy atom. The van der Waals surface area contributed by atoms with E-state index < -0.39 is 35.6 Å². The van der Waals surface area contributed by atoms with Crippen LogP contribution < -0.4 is 20.2 Å². The highest BCUT2D eigenvalue weighted by atomic mass is 35.5. The maximum Gasteiger partial charge on any atom is 0.453 e. The van der Waals surface area contributed by atoms with Crippen LogP contribution in [0.25, 0.3) is 21.7 Å². The van der Waals surface area contributed by atoms with Crippen LogP contribution >= 0.6 is 11.6 Å². The molecule has 1 heterocycles. The van der Waals surface area contributed by atoms with Gasteiger partial charge in [-0.25, -0.2) is 0 Å². The highest BCUT2D eigenvalue weighted by molar-refractivity contribution is 6.30. The molecule has 1 amide bonds. The van der Waals surface area contributed by atoms with Gasteiger partial charge in [0.05, 0.1) is 5.39 Å². The summed E-state index contributed by atoms with van der Waals surface area (Å²) in [5, 5.41) is 4.53. The number of hydrogen-bond acceptors (Lipinski definition) is 5. The minimum absolute atomic E-state index is 0.0308. The number of amides is 1. The molecular weight excluding hydrogens is 523 g/mol. The van der Waals surface area contributed by atoms with Gasteiger partial charge in [-0.1, -0.05) is 41.9 Å². The number of ether oxygens (including phenoxy) is 2. The van der Waals surface area contributed by atoms with E-state index in [2.05, 4.69) is 5.32 Å². The predicted octanol–water partition coefficient (Wildman–Crippen LogP) is 7.43. The first-order valence-electron chi connectivity index (χ1n) is 11.2. The first-order valence-corrected chi connectivity index (χ1v) is 11.6. The Morgan fingerprint density at radius 2 is 1.61 bits per heavy atom. The summed E-state index contributed by atoms with van der Waals surface area (Å²) in [5.41, 5.74) is -0.885. The number of anilines is 1. The van der Waals surface area contributed by atoms with Crippen LogP contribution in [0.2, 0.25) is 5.02 Å². The zero-order chi connectivity index (χ0) is 26.9. The quantitative estimate of drug-likeness (QED) is 0.243. The number of hydrogen-bond donors (Lipinski definition) is 1. The summed E-state index contributed by atoms with van der Waals surface area (Å²) in [6.07, 6.45) is -5.02. The molecule has 1 aromatic heterocycles. The lowest BCUT2D eigenvalue weighted by atomic mass is 10.1. The maximum absolute atomic E-state index is 13.9. The van der Waals surface area contributed by atoms with Gasteiger partial charge in [-0.15, -0.1) is 0 Å². The fourth-order valence-corrected chi connectivity index (χ4v) is 3.88. The third-order valence-corrected chi connectivity index (χ3v) is 5.77. The Hall–Kier alpha value is -4.50. The monoisotopic (exact) mass is 539 g/mol. The third-order valence-electron chi connectivity index (χ3n) is 5.52. The van der Waals surface area contributed by atoms with Gasteiger partial charge < -0.3 is 19.2 Å². The van der Waals surface area contributed by atoms with Gasteiger partial charge in [0.25, 0.3) is 11.7 Å². The third kappa shape index (κ3) is 5.42. The maximum atomic E-state index is 13.9. The summed E-state index contributed by atoms with van der Waals surface area (Å²) in [6.45, 7) is -0.437. The van der Waals surface area contributed by atoms with E-state index in [1.54, 1.807) is 42.5 Å². The van der Waals surface area contributed by atoms with Crippen molar-refractivity contribution in [2.75, 3.05) is 11.9 Å². The van der Waals surface area contributed by atoms with E-state index in [1.165, 1.54) is 24.3 Å². The molecule has 0 radical (unpaired) electrons. The minimum Gasteiger partial charge on any atom is -0.484 e. The van der Waals surface area contributed by atoms with Crippen molar-refractivity contribution in [1.82, 2.24) is 0 Å². The molecule has 0 unspecified atom stereocenters. The van der Waals surface area contributed by atoms with Crippen molar-refractivity contribution in [1.29, 1.82) is 0 Å². The van der Waals surface area contributed by atoms with Crippen LogP contribution in [0.15, 0.2) is 94.1 Å². The lowest BCUT2D eigenvalue weighted by Crippen LogP contribution is -2.20. The molecule has 5 rings (SSSR count). The molecule has 0 spiro atoms. The molecule has 5 aromatic rings. The molecular formula is C28H17ClF3NO5. The molecule has 6 nitrogen and oxygen atoms in total. The molecule has 192 valence electrons. The van der Waals surface area contributed by atoms with E-state index in [-0.39, 0.29) is 22.5 Å². The topological polar surface area (TPSA) is 77.8 Å². The lowest BCUT2D eigenvalue weighted by Gasteiger charge is -2.14. The van der Waals surface area contributed by atoms with E-state index in [1.807, 2.05) is 12.1 Å². The highest BCUT2D eigenvalue weighted by Gasteiger charge is 2.40. The Kier molecular flexibility index (Phi) is 6.69. The Labute approximate surface area is 218 Å². The van der Waals surface area contributed by atoms with Gasteiger partial charge in [0.2, 0.25) is 11.2 Å². The summed E-state index contributed by atoms with van der Waals surface area (Å²) >= 11 is 5.81. The molecule has 0 aliphatic rings. The standard InChI is InChI=1S/C28H17ClF3NO5/c29-18-6-8-19(9-7-18)33-24(34)15-36-20-11-12-22-23(14-20)38-27(28(30,31)32)26(25(22)35)37-21-10-5-16-3-1-2-4-17(16)13-21/h1-14H,15H2,(H,33,34). The van der Waals surface area contributed by atoms with Crippen LogP contribution in [-0.2, 0) is 11.0 Å². The zero-order valence-corrected chi connectivity index (χ0v) is 20.1. The van der Waals surface area contributed by atoms with Crippen LogP contribution in [0, 0.1) is 0 Å². The number of alkyl halides is 3. The molecule has 1 N–H and O–H groups in total. The number of halogens is 4. The van der Waals surface area contributed by atoms with Gasteiger partial charge in [-0.3, -0.25) is 9.59 Å². The molecule has 10 heteroatoms. The van der Waals surface area contributed by atoms with Crippen molar-refractivity contribution in [3.05, 3.63) is 106 Å². The summed E-state index contributed by atoms with van der Waals surface area (Å²) < 4.78 is 57.6. The van der Waals surface area contributed by atoms with E-state index in [0.717, 1.165) is 16.8 Å². The SMILES string of the molecule is O=C(COc1ccc2c(=O)c(Oc3ccc4ccccc4c3)c(C(F)(F)F)oc2c1)Nc1ccc(Cl)cc1. The number of carbonyl (C=O) groups is 1. The Balaban J connectivity index is 1.42. The van der Waals surface area contributed by atoms with Crippen molar-refractivity contribution >= 4 is 44.9 Å². The van der Waals surface area contributed by atoms with Crippen LogP contribution in [0.1, 0.15) is 5.76 Å². The fourth-order valence-electron chi connectivity index (χ4n) is 3.75. The average molecular weight is 540 g/mol. The van der Waals surface area contributed by atoms with Crippen LogP contribution in [0.3, 0.4) is 0 Å². The first kappa shape index (κ1) is 25.2. The second-order valence-electron chi connectivity index (χ2n) is 8.20. The molecule has 4 aromatic carbocycles. The van der Waals surface area contributed by atoms with Crippen LogP contribution in [-0.4, -0.2) is 12.5 Å². The van der Waals surface area contributed by atoms with Crippen molar-refractivity contribution in [2.45, 2.75) is 6.18 Å². The predicted molar refractivity (Wildman–Crippen MR) is 137 cm³/mol. The Bertz CT molecular complexity index is 1720. The molecule has 0 atom stereocenters. The summed E-state index contributed by atoms with van der Waals surface area (Å²) in [7, 11) is 0. The number of carbonyl (C=O) groups excluding carboxylic acids is 1. The Morgan fingerprint density at radius 3 is 2.34 bits per heavy atom. The number of nitrogens with one attached hydrogen (secondary N) is 1. The first-order chi connectivity index (χ1) is 18.2. The molecule has 0 fully saturated rings. The average Bonchev–Trinajstić information content (AvgIpc) is 2.89. The molecule has 0 aliphatic carbocycles. The van der Waals surface area contributed by atoms with E-state index in [4.69, 9.17) is 25.5 Å². The van der Waals surface area contributed by atoms with Crippen molar-refractivity contribution in [2.24, 2.45) is 0 Å². The number of benzene rings is 4. The van der Waals surface area contributed by atoms with Gasteiger partial charge >= 0.3 is 6.18 Å². The zero-order valence-electron chi connectivity index (χ0n) is 19.3. The van der Waals surface area contributed by atoms with Gasteiger partial charge in [0.15, 0.2) is 6.61 Å². The lowest BCUT2D eigenvalue weighted by molar-refractivity contribution is -0.154. The number of rotatable bonds is 6. The molecule has 0 aliphatic heterocycles. The largest absolute Gasteiger partial charge is 0.484 e. The van der Waals surface area contributed by atoms with Crippen molar-refractivity contribution in [3.8, 4) is 17.2 Å². The van der Waals surface area contributed by atoms with Crippen molar-refractivity contribution in [3.63, 3.8) is 0 Å². The fraction of sp³-hybridized carbons (Fsp3) is 0.0714. The van der Waals surface area contributed by atoms with Gasteiger partial charge in [0.1, 0.15) is 17.1 Å². The number of fused-ring (bicyclic) bond motifs is 2. The minimum atomic E-state index is -5.02. The van der Waals surface area contributed by atoms with Crippen LogP contribution in [0.5, 0.6) is 17.2 Å². The second kappa shape index (κ2) is 10.1. The molecule has 0 saturated heterocycles.